The maximum atomic E-state index is 6.06. The first kappa shape index (κ1) is 11.1. The van der Waals surface area contributed by atoms with Crippen molar-refractivity contribution in [1.29, 1.82) is 5.41 Å². The molecule has 0 spiro atoms. The molecule has 0 amide bonds. The Kier molecular flexibility index (Phi) is 12.6. The van der Waals surface area contributed by atoms with Gasteiger partial charge in [-0.15, -0.1) is 0 Å². The van der Waals surface area contributed by atoms with Gasteiger partial charge in [0.05, 0.1) is 0 Å². The van der Waals surface area contributed by atoms with Crippen molar-refractivity contribution in [1.82, 2.24) is 0 Å². The zero-order valence-electron chi connectivity index (χ0n) is 5.98. The van der Waals surface area contributed by atoms with Gasteiger partial charge in [-0.3, -0.25) is 5.41 Å². The van der Waals surface area contributed by atoms with Crippen molar-refractivity contribution in [2.24, 2.45) is 11.5 Å². The third-order valence-corrected chi connectivity index (χ3v) is 0.408. The fourth-order valence-corrected chi connectivity index (χ4v) is 0.204. The molecule has 0 atom stereocenters. The van der Waals surface area contributed by atoms with Crippen LogP contribution in [0.15, 0.2) is 0 Å². The van der Waals surface area contributed by atoms with Crippen molar-refractivity contribution >= 4 is 5.96 Å². The number of ether oxygens (including phenoxy) is 1. The smallest absolute Gasteiger partial charge is 0.183 e. The molecule has 4 nitrogen and oxygen atoms in total. The predicted octanol–water partition coefficient (Wildman–Crippen LogP) is -0.119. The van der Waals surface area contributed by atoms with Crippen molar-refractivity contribution in [2.45, 2.75) is 13.8 Å². The van der Waals surface area contributed by atoms with Crippen molar-refractivity contribution in [3.05, 3.63) is 0 Å². The van der Waals surface area contributed by atoms with E-state index in [0.717, 1.165) is 13.2 Å². The second-order valence-electron chi connectivity index (χ2n) is 1.24. The first-order chi connectivity index (χ1) is 4.15. The SMILES string of the molecule is CCOCC.N=C(N)N. The molecule has 0 unspecified atom stereocenters. The van der Waals surface area contributed by atoms with E-state index in [0.29, 0.717) is 0 Å². The lowest BCUT2D eigenvalue weighted by molar-refractivity contribution is 0.162. The van der Waals surface area contributed by atoms with Crippen LogP contribution in [0.25, 0.3) is 0 Å². The number of guanidine groups is 1. The fraction of sp³-hybridized carbons (Fsp3) is 0.800. The number of hydrogen-bond donors (Lipinski definition) is 3. The number of nitrogens with two attached hydrogens (primary N) is 2. The van der Waals surface area contributed by atoms with Gasteiger partial charge in [0.25, 0.3) is 0 Å². The van der Waals surface area contributed by atoms with Gasteiger partial charge in [-0.05, 0) is 13.8 Å². The molecule has 4 heteroatoms. The van der Waals surface area contributed by atoms with E-state index in [1.807, 2.05) is 13.8 Å². The lowest BCUT2D eigenvalue weighted by atomic mass is 10.8. The molecule has 0 bridgehead atoms. The zero-order chi connectivity index (χ0) is 7.70. The van der Waals surface area contributed by atoms with Gasteiger partial charge in [-0.2, -0.15) is 0 Å². The van der Waals surface area contributed by atoms with E-state index in [1.54, 1.807) is 0 Å². The minimum Gasteiger partial charge on any atom is -0.382 e. The second-order valence-corrected chi connectivity index (χ2v) is 1.24. The van der Waals surface area contributed by atoms with Gasteiger partial charge < -0.3 is 16.2 Å². The van der Waals surface area contributed by atoms with Gasteiger partial charge in [0.15, 0.2) is 5.96 Å². The molecule has 5 N–H and O–H groups in total. The molecule has 56 valence electrons. The van der Waals surface area contributed by atoms with Gasteiger partial charge in [-0.1, -0.05) is 0 Å². The summed E-state index contributed by atoms with van der Waals surface area (Å²) in [5.41, 5.74) is 8.94. The Hall–Kier alpha value is -0.770. The highest BCUT2D eigenvalue weighted by molar-refractivity contribution is 5.71. The molecule has 0 radical (unpaired) electrons. The van der Waals surface area contributed by atoms with Crippen molar-refractivity contribution in [3.63, 3.8) is 0 Å². The van der Waals surface area contributed by atoms with Crippen LogP contribution in [0.2, 0.25) is 0 Å². The fourth-order valence-electron chi connectivity index (χ4n) is 0.204. The molecule has 0 aliphatic rings. The summed E-state index contributed by atoms with van der Waals surface area (Å²) in [6.07, 6.45) is 0. The van der Waals surface area contributed by atoms with Crippen LogP contribution in [0.3, 0.4) is 0 Å². The highest BCUT2D eigenvalue weighted by Gasteiger charge is 1.64. The first-order valence-corrected chi connectivity index (χ1v) is 2.82. The molecule has 0 aliphatic heterocycles. The highest BCUT2D eigenvalue weighted by Crippen LogP contribution is 1.64. The van der Waals surface area contributed by atoms with E-state index in [9.17, 15) is 0 Å². The summed E-state index contributed by atoms with van der Waals surface area (Å²) < 4.78 is 4.83. The van der Waals surface area contributed by atoms with Gasteiger partial charge in [-0.25, -0.2) is 0 Å². The van der Waals surface area contributed by atoms with Crippen LogP contribution in [0.5, 0.6) is 0 Å². The molecule has 0 fully saturated rings. The average Bonchev–Trinajstić information content (AvgIpc) is 1.66. The molecule has 0 aromatic carbocycles. The molecule has 0 aromatic heterocycles. The molecule has 0 heterocycles. The molecule has 0 aromatic rings. The Balaban J connectivity index is 0. The topological polar surface area (TPSA) is 85.1 Å². The van der Waals surface area contributed by atoms with Crippen molar-refractivity contribution in [2.75, 3.05) is 13.2 Å². The van der Waals surface area contributed by atoms with Gasteiger partial charge in [0.2, 0.25) is 0 Å². The van der Waals surface area contributed by atoms with Crippen molar-refractivity contribution in [3.8, 4) is 0 Å². The van der Waals surface area contributed by atoms with Crippen LogP contribution in [-0.4, -0.2) is 19.2 Å². The van der Waals surface area contributed by atoms with Crippen LogP contribution in [-0.2, 0) is 4.74 Å². The maximum Gasteiger partial charge on any atom is 0.183 e. The number of rotatable bonds is 2. The Morgan fingerprint density at radius 2 is 1.56 bits per heavy atom. The number of hydrogen-bond acceptors (Lipinski definition) is 2. The number of nitrogens with one attached hydrogen (secondary N) is 1. The van der Waals surface area contributed by atoms with Crippen LogP contribution in [0.4, 0.5) is 0 Å². The lowest BCUT2D eigenvalue weighted by Gasteiger charge is -1.86. The molecule has 0 aliphatic carbocycles. The zero-order valence-corrected chi connectivity index (χ0v) is 5.98. The Morgan fingerprint density at radius 1 is 1.33 bits per heavy atom. The summed E-state index contributed by atoms with van der Waals surface area (Å²) in [6.45, 7) is 5.67. The maximum absolute atomic E-state index is 6.06. The Bertz CT molecular complexity index is 59.2. The van der Waals surface area contributed by atoms with Gasteiger partial charge in [0, 0.05) is 13.2 Å². The highest BCUT2D eigenvalue weighted by atomic mass is 16.5. The first-order valence-electron chi connectivity index (χ1n) is 2.82. The quantitative estimate of drug-likeness (QED) is 0.362. The van der Waals surface area contributed by atoms with E-state index in [1.165, 1.54) is 0 Å². The summed E-state index contributed by atoms with van der Waals surface area (Å²) in [6, 6.07) is 0. The standard InChI is InChI=1S/C4H10O.CH5N3/c1-3-5-4-2;2-1(3)4/h3-4H2,1-2H3;(H5,2,3,4). The average molecular weight is 133 g/mol. The van der Waals surface area contributed by atoms with E-state index in [4.69, 9.17) is 10.1 Å². The molecule has 0 saturated carbocycles. The molecular weight excluding hydrogens is 118 g/mol. The lowest BCUT2D eigenvalue weighted by Crippen LogP contribution is -2.20. The monoisotopic (exact) mass is 133 g/mol. The third kappa shape index (κ3) is 131. The largest absolute Gasteiger partial charge is 0.382 e. The van der Waals surface area contributed by atoms with Crippen LogP contribution in [0.1, 0.15) is 13.8 Å². The second kappa shape index (κ2) is 10.3. The molecule has 0 rings (SSSR count). The van der Waals surface area contributed by atoms with Gasteiger partial charge in [0.1, 0.15) is 0 Å². The normalized spacial score (nSPS) is 7.33. The van der Waals surface area contributed by atoms with Crippen LogP contribution >= 0.6 is 0 Å². The molecular formula is C5H15N3O. The Labute approximate surface area is 55.7 Å². The minimum atomic E-state index is -0.333. The summed E-state index contributed by atoms with van der Waals surface area (Å²) in [5, 5.41) is 6.06. The van der Waals surface area contributed by atoms with Crippen LogP contribution < -0.4 is 11.5 Å². The van der Waals surface area contributed by atoms with Gasteiger partial charge >= 0.3 is 0 Å². The third-order valence-electron chi connectivity index (χ3n) is 0.408. The molecule has 9 heavy (non-hydrogen) atoms. The predicted molar refractivity (Wildman–Crippen MR) is 38.3 cm³/mol. The summed E-state index contributed by atoms with van der Waals surface area (Å²) in [5.74, 6) is -0.333. The van der Waals surface area contributed by atoms with E-state index in [-0.39, 0.29) is 5.96 Å². The van der Waals surface area contributed by atoms with E-state index < -0.39 is 0 Å². The summed E-state index contributed by atoms with van der Waals surface area (Å²) in [4.78, 5) is 0. The van der Waals surface area contributed by atoms with E-state index >= 15 is 0 Å². The minimum absolute atomic E-state index is 0.333. The summed E-state index contributed by atoms with van der Waals surface area (Å²) >= 11 is 0. The van der Waals surface area contributed by atoms with E-state index in [2.05, 4.69) is 11.5 Å². The Morgan fingerprint density at radius 3 is 1.56 bits per heavy atom. The molecule has 0 saturated heterocycles. The summed E-state index contributed by atoms with van der Waals surface area (Å²) in [7, 11) is 0. The van der Waals surface area contributed by atoms with Crippen molar-refractivity contribution < 1.29 is 4.74 Å². The van der Waals surface area contributed by atoms with Crippen LogP contribution in [0, 0.1) is 5.41 Å².